The molecule has 9 heteroatoms. The molecule has 0 aliphatic carbocycles. The van der Waals surface area contributed by atoms with Crippen molar-refractivity contribution in [1.29, 1.82) is 5.26 Å². The van der Waals surface area contributed by atoms with E-state index in [2.05, 4.69) is 10.1 Å². The molecule has 0 radical (unpaired) electrons. The Bertz CT molecular complexity index is 1220. The number of carbonyl (C=O) groups is 1. The van der Waals surface area contributed by atoms with Crippen molar-refractivity contribution in [3.63, 3.8) is 0 Å². The first kappa shape index (κ1) is 21.6. The minimum Gasteiger partial charge on any atom is -0.364 e. The lowest BCUT2D eigenvalue weighted by Crippen LogP contribution is -2.28. The zero-order valence-electron chi connectivity index (χ0n) is 17.0. The van der Waals surface area contributed by atoms with Crippen molar-refractivity contribution in [2.24, 2.45) is 5.73 Å². The van der Waals surface area contributed by atoms with Gasteiger partial charge in [-0.3, -0.25) is 14.3 Å². The van der Waals surface area contributed by atoms with E-state index in [1.807, 2.05) is 25.3 Å². The maximum absolute atomic E-state index is 15.5. The quantitative estimate of drug-likeness (QED) is 0.621. The molecule has 1 amide bonds. The van der Waals surface area contributed by atoms with Crippen LogP contribution < -0.4 is 11.2 Å². The van der Waals surface area contributed by atoms with Crippen LogP contribution in [0.3, 0.4) is 0 Å². The molecule has 30 heavy (non-hydrogen) atoms. The number of aryl methyl sites for hydroxylation is 2. The van der Waals surface area contributed by atoms with Gasteiger partial charge in [0, 0.05) is 30.3 Å². The van der Waals surface area contributed by atoms with E-state index in [0.29, 0.717) is 17.6 Å². The number of nitrogens with zero attached hydrogens (tertiary/aromatic N) is 4. The molecule has 0 fully saturated rings. The van der Waals surface area contributed by atoms with E-state index in [9.17, 15) is 9.59 Å². The fourth-order valence-electron chi connectivity index (χ4n) is 3.33. The van der Waals surface area contributed by atoms with E-state index in [0.717, 1.165) is 10.7 Å². The Kier molecular flexibility index (Phi) is 6.27. The smallest absolute Gasteiger partial charge is 0.273 e. The van der Waals surface area contributed by atoms with Crippen LogP contribution in [0, 0.1) is 17.1 Å². The predicted octanol–water partition coefficient (Wildman–Crippen LogP) is 3.28. The first-order valence-electron chi connectivity index (χ1n) is 9.64. The van der Waals surface area contributed by atoms with Crippen LogP contribution in [0.15, 0.2) is 16.2 Å². The van der Waals surface area contributed by atoms with Crippen molar-refractivity contribution in [3.05, 3.63) is 55.0 Å². The maximum Gasteiger partial charge on any atom is 0.273 e. The monoisotopic (exact) mass is 427 g/mol. The van der Waals surface area contributed by atoms with Gasteiger partial charge in [-0.2, -0.15) is 10.4 Å². The van der Waals surface area contributed by atoms with E-state index in [-0.39, 0.29) is 36.1 Å². The highest BCUT2D eigenvalue weighted by molar-refractivity contribution is 7.09. The van der Waals surface area contributed by atoms with Crippen molar-refractivity contribution in [2.75, 3.05) is 0 Å². The number of primary amides is 1. The Balaban J connectivity index is 2.28. The van der Waals surface area contributed by atoms with Gasteiger partial charge in [-0.15, -0.1) is 11.3 Å². The summed E-state index contributed by atoms with van der Waals surface area (Å²) in [5.41, 5.74) is 6.00. The number of hydrogen-bond donors (Lipinski definition) is 1. The molecule has 0 saturated carbocycles. The van der Waals surface area contributed by atoms with Crippen LogP contribution in [-0.4, -0.2) is 20.7 Å². The van der Waals surface area contributed by atoms with Crippen LogP contribution in [0.1, 0.15) is 65.4 Å². The standard InChI is InChI=1S/C21H22FN5O2S/c1-4-27-15-8-12(9-16-25-14(10-30-16)11(2)3)18(22)13(6-5-7-23)17(15)20(28)19(26-27)21(24)29/h8,10-11H,4-6,9H2,1-3H3,(H2,24,29). The van der Waals surface area contributed by atoms with Crippen LogP contribution in [0.25, 0.3) is 10.9 Å². The van der Waals surface area contributed by atoms with Crippen molar-refractivity contribution in [2.45, 2.75) is 52.5 Å². The van der Waals surface area contributed by atoms with Crippen molar-refractivity contribution in [3.8, 4) is 6.07 Å². The molecule has 2 N–H and O–H groups in total. The highest BCUT2D eigenvalue weighted by atomic mass is 32.1. The largest absolute Gasteiger partial charge is 0.364 e. The molecule has 3 aromatic rings. The van der Waals surface area contributed by atoms with E-state index >= 15 is 4.39 Å². The molecule has 0 aliphatic heterocycles. The molecule has 7 nitrogen and oxygen atoms in total. The fraction of sp³-hybridized carbons (Fsp3) is 0.381. The zero-order chi connectivity index (χ0) is 22.0. The molecule has 0 unspecified atom stereocenters. The molecule has 2 aromatic heterocycles. The summed E-state index contributed by atoms with van der Waals surface area (Å²) in [6.07, 6.45) is 0.334. The van der Waals surface area contributed by atoms with Crippen LogP contribution in [-0.2, 0) is 19.4 Å². The Morgan fingerprint density at radius 1 is 1.43 bits per heavy atom. The Hall–Kier alpha value is -3.12. The molecule has 156 valence electrons. The van der Waals surface area contributed by atoms with Crippen molar-refractivity contribution < 1.29 is 9.18 Å². The SMILES string of the molecule is CCn1nc(C(N)=O)c(=O)c2c(CCC#N)c(F)c(Cc3nc(C(C)C)cs3)cc21. The maximum atomic E-state index is 15.5. The number of aromatic nitrogens is 3. The van der Waals surface area contributed by atoms with Gasteiger partial charge in [0.25, 0.3) is 5.91 Å². The summed E-state index contributed by atoms with van der Waals surface area (Å²) in [5, 5.41) is 15.9. The summed E-state index contributed by atoms with van der Waals surface area (Å²) in [5.74, 6) is -1.26. The minimum absolute atomic E-state index is 0.0318. The van der Waals surface area contributed by atoms with Gasteiger partial charge in [-0.1, -0.05) is 13.8 Å². The number of nitrogens with two attached hydrogens (primary N) is 1. The topological polar surface area (TPSA) is 115 Å². The van der Waals surface area contributed by atoms with Gasteiger partial charge in [-0.25, -0.2) is 9.37 Å². The normalized spacial score (nSPS) is 11.2. The highest BCUT2D eigenvalue weighted by Gasteiger charge is 2.22. The van der Waals surface area contributed by atoms with Gasteiger partial charge in [0.1, 0.15) is 5.82 Å². The summed E-state index contributed by atoms with van der Waals surface area (Å²) in [7, 11) is 0. The number of rotatable bonds is 7. The molecule has 1 aromatic carbocycles. The molecule has 0 saturated heterocycles. The number of thiazole rings is 1. The van der Waals surface area contributed by atoms with E-state index in [1.165, 1.54) is 16.0 Å². The van der Waals surface area contributed by atoms with E-state index in [4.69, 9.17) is 11.0 Å². The first-order chi connectivity index (χ1) is 14.3. The van der Waals surface area contributed by atoms with Gasteiger partial charge in [0.15, 0.2) is 5.69 Å². The lowest BCUT2D eigenvalue weighted by atomic mass is 9.97. The first-order valence-corrected chi connectivity index (χ1v) is 10.5. The van der Waals surface area contributed by atoms with E-state index < -0.39 is 22.8 Å². The second-order valence-electron chi connectivity index (χ2n) is 7.24. The molecule has 0 spiro atoms. The Labute approximate surface area is 177 Å². The number of fused-ring (bicyclic) bond motifs is 1. The van der Waals surface area contributed by atoms with E-state index in [1.54, 1.807) is 13.0 Å². The molecule has 0 atom stereocenters. The number of carbonyl (C=O) groups excluding carboxylic acids is 1. The number of amides is 1. The summed E-state index contributed by atoms with van der Waals surface area (Å²) >= 11 is 1.45. The lowest BCUT2D eigenvalue weighted by molar-refractivity contribution is 0.0992. The second kappa shape index (κ2) is 8.71. The molecular formula is C21H22FN5O2S. The summed E-state index contributed by atoms with van der Waals surface area (Å²) in [6, 6.07) is 3.57. The number of halogens is 1. The zero-order valence-corrected chi connectivity index (χ0v) is 17.8. The fourth-order valence-corrected chi connectivity index (χ4v) is 4.31. The van der Waals surface area contributed by atoms with Gasteiger partial charge >= 0.3 is 0 Å². The number of hydrogen-bond acceptors (Lipinski definition) is 6. The Morgan fingerprint density at radius 2 is 2.17 bits per heavy atom. The van der Waals surface area contributed by atoms with Gasteiger partial charge in [0.2, 0.25) is 5.43 Å². The van der Waals surface area contributed by atoms with Crippen LogP contribution in [0.2, 0.25) is 0 Å². The molecule has 0 aliphatic rings. The average molecular weight is 428 g/mol. The summed E-state index contributed by atoms with van der Waals surface area (Å²) in [4.78, 5) is 29.2. The van der Waals surface area contributed by atoms with Crippen LogP contribution in [0.4, 0.5) is 4.39 Å². The average Bonchev–Trinajstić information content (AvgIpc) is 3.17. The summed E-state index contributed by atoms with van der Waals surface area (Å²) < 4.78 is 17.0. The highest BCUT2D eigenvalue weighted by Crippen LogP contribution is 2.28. The number of benzene rings is 1. The van der Waals surface area contributed by atoms with Gasteiger partial charge < -0.3 is 5.73 Å². The molecule has 2 heterocycles. The lowest BCUT2D eigenvalue weighted by Gasteiger charge is -2.15. The van der Waals surface area contributed by atoms with Crippen molar-refractivity contribution in [1.82, 2.24) is 14.8 Å². The van der Waals surface area contributed by atoms with Crippen LogP contribution in [0.5, 0.6) is 0 Å². The summed E-state index contributed by atoms with van der Waals surface area (Å²) in [6.45, 7) is 6.23. The Morgan fingerprint density at radius 3 is 2.73 bits per heavy atom. The third kappa shape index (κ3) is 3.96. The third-order valence-corrected chi connectivity index (χ3v) is 5.75. The molecular weight excluding hydrogens is 405 g/mol. The number of nitriles is 1. The predicted molar refractivity (Wildman–Crippen MR) is 113 cm³/mol. The van der Waals surface area contributed by atoms with Gasteiger partial charge in [0.05, 0.1) is 27.7 Å². The second-order valence-corrected chi connectivity index (χ2v) is 8.18. The third-order valence-electron chi connectivity index (χ3n) is 4.88. The van der Waals surface area contributed by atoms with Crippen LogP contribution >= 0.6 is 11.3 Å². The van der Waals surface area contributed by atoms with Gasteiger partial charge in [-0.05, 0) is 30.9 Å². The minimum atomic E-state index is -0.969. The molecule has 3 rings (SSSR count). The molecule has 0 bridgehead atoms. The van der Waals surface area contributed by atoms with Crippen molar-refractivity contribution >= 4 is 28.1 Å².